The molecule has 150 valence electrons. The number of H-pyrrole nitrogens is 1. The SMILES string of the molecule is C=C1CC(c2nc3c(C)cccc3[nH]2)N(C(=O)c2cc(Cl)ccc2-n2nccn2)C1. The molecule has 1 atom stereocenters. The molecule has 0 saturated carbocycles. The molecular formula is C22H19ClN6O. The molecule has 1 fully saturated rings. The van der Waals surface area contributed by atoms with Crippen molar-refractivity contribution in [2.45, 2.75) is 19.4 Å². The Hall–Kier alpha value is -3.45. The summed E-state index contributed by atoms with van der Waals surface area (Å²) in [6.45, 7) is 6.61. The molecule has 0 radical (unpaired) electrons. The van der Waals surface area contributed by atoms with E-state index >= 15 is 0 Å². The van der Waals surface area contributed by atoms with Gasteiger partial charge in [0.15, 0.2) is 0 Å². The summed E-state index contributed by atoms with van der Waals surface area (Å²) in [4.78, 5) is 25.0. The molecule has 1 aliphatic heterocycles. The van der Waals surface area contributed by atoms with Gasteiger partial charge in [-0.15, -0.1) is 0 Å². The highest BCUT2D eigenvalue weighted by molar-refractivity contribution is 6.31. The fraction of sp³-hybridized carbons (Fsp3) is 0.182. The maximum atomic E-state index is 13.6. The Morgan fingerprint density at radius 3 is 2.80 bits per heavy atom. The van der Waals surface area contributed by atoms with Crippen LogP contribution in [0.15, 0.2) is 60.9 Å². The van der Waals surface area contributed by atoms with Crippen LogP contribution in [0.4, 0.5) is 0 Å². The number of halogens is 1. The first kappa shape index (κ1) is 18.6. The fourth-order valence-electron chi connectivity index (χ4n) is 3.96. The molecule has 30 heavy (non-hydrogen) atoms. The Morgan fingerprint density at radius 1 is 1.23 bits per heavy atom. The summed E-state index contributed by atoms with van der Waals surface area (Å²) in [5.74, 6) is 0.595. The standard InChI is InChI=1S/C22H19ClN6O/c1-13-10-19(21-26-17-5-3-4-14(2)20(17)27-21)28(12-13)22(30)16-11-15(23)6-7-18(16)29-24-8-9-25-29/h3-9,11,19H,1,10,12H2,2H3,(H,26,27). The molecule has 8 heteroatoms. The van der Waals surface area contributed by atoms with Gasteiger partial charge in [0.05, 0.1) is 40.7 Å². The van der Waals surface area contributed by atoms with Crippen LogP contribution in [0.3, 0.4) is 0 Å². The second kappa shape index (κ2) is 7.11. The number of carbonyl (C=O) groups excluding carboxylic acids is 1. The number of benzene rings is 2. The van der Waals surface area contributed by atoms with E-state index in [2.05, 4.69) is 21.8 Å². The van der Waals surface area contributed by atoms with Gasteiger partial charge < -0.3 is 9.88 Å². The summed E-state index contributed by atoms with van der Waals surface area (Å²) in [7, 11) is 0. The molecule has 5 rings (SSSR count). The third kappa shape index (κ3) is 3.07. The van der Waals surface area contributed by atoms with Gasteiger partial charge in [-0.3, -0.25) is 4.79 Å². The molecule has 1 N–H and O–H groups in total. The second-order valence-corrected chi connectivity index (χ2v) is 7.91. The van der Waals surface area contributed by atoms with Crippen molar-refractivity contribution in [3.05, 3.63) is 82.9 Å². The van der Waals surface area contributed by atoms with Crippen LogP contribution >= 0.6 is 11.6 Å². The lowest BCUT2D eigenvalue weighted by molar-refractivity contribution is 0.0732. The summed E-state index contributed by atoms with van der Waals surface area (Å²) < 4.78 is 0. The van der Waals surface area contributed by atoms with Crippen molar-refractivity contribution in [2.24, 2.45) is 0 Å². The summed E-state index contributed by atoms with van der Waals surface area (Å²) in [6.07, 6.45) is 3.79. The van der Waals surface area contributed by atoms with Gasteiger partial charge >= 0.3 is 0 Å². The van der Waals surface area contributed by atoms with E-state index in [1.807, 2.05) is 25.1 Å². The molecule has 3 heterocycles. The number of amides is 1. The predicted molar refractivity (Wildman–Crippen MR) is 115 cm³/mol. The van der Waals surface area contributed by atoms with Crippen LogP contribution in [-0.2, 0) is 0 Å². The lowest BCUT2D eigenvalue weighted by atomic mass is 10.1. The molecule has 7 nitrogen and oxygen atoms in total. The van der Waals surface area contributed by atoms with Gasteiger partial charge in [0, 0.05) is 11.6 Å². The molecule has 0 spiro atoms. The number of carbonyl (C=O) groups is 1. The number of fused-ring (bicyclic) bond motifs is 1. The highest BCUT2D eigenvalue weighted by Gasteiger charge is 2.36. The normalized spacial score (nSPS) is 16.5. The van der Waals surface area contributed by atoms with Gasteiger partial charge in [0.25, 0.3) is 5.91 Å². The number of nitrogens with one attached hydrogen (secondary N) is 1. The van der Waals surface area contributed by atoms with Crippen LogP contribution in [0.1, 0.15) is 34.2 Å². The fourth-order valence-corrected chi connectivity index (χ4v) is 4.13. The van der Waals surface area contributed by atoms with Crippen molar-refractivity contribution in [1.82, 2.24) is 29.9 Å². The van der Waals surface area contributed by atoms with E-state index in [0.717, 1.165) is 28.0 Å². The quantitative estimate of drug-likeness (QED) is 0.504. The van der Waals surface area contributed by atoms with E-state index < -0.39 is 0 Å². The van der Waals surface area contributed by atoms with Gasteiger partial charge in [-0.1, -0.05) is 35.9 Å². The van der Waals surface area contributed by atoms with Crippen molar-refractivity contribution in [1.29, 1.82) is 0 Å². The molecular weight excluding hydrogens is 400 g/mol. The zero-order valence-corrected chi connectivity index (χ0v) is 17.1. The van der Waals surface area contributed by atoms with E-state index in [4.69, 9.17) is 16.6 Å². The topological polar surface area (TPSA) is 79.7 Å². The highest BCUT2D eigenvalue weighted by atomic mass is 35.5. The van der Waals surface area contributed by atoms with Crippen LogP contribution in [0.2, 0.25) is 5.02 Å². The van der Waals surface area contributed by atoms with Crippen LogP contribution in [0.5, 0.6) is 0 Å². The zero-order valence-electron chi connectivity index (χ0n) is 16.3. The Kier molecular flexibility index (Phi) is 4.40. The Bertz CT molecular complexity index is 1280. The molecule has 0 aliphatic carbocycles. The summed E-state index contributed by atoms with van der Waals surface area (Å²) in [6, 6.07) is 10.9. The number of rotatable bonds is 3. The molecule has 1 unspecified atom stereocenters. The average Bonchev–Trinajstić information content (AvgIpc) is 3.47. The minimum Gasteiger partial charge on any atom is -0.340 e. The number of hydrogen-bond donors (Lipinski definition) is 1. The minimum atomic E-state index is -0.228. The largest absolute Gasteiger partial charge is 0.340 e. The first-order valence-corrected chi connectivity index (χ1v) is 9.98. The number of aromatic amines is 1. The van der Waals surface area contributed by atoms with E-state index in [0.29, 0.717) is 29.2 Å². The second-order valence-electron chi connectivity index (χ2n) is 7.48. The number of imidazole rings is 1. The van der Waals surface area contributed by atoms with Gasteiger partial charge in [-0.2, -0.15) is 15.0 Å². The smallest absolute Gasteiger partial charge is 0.257 e. The van der Waals surface area contributed by atoms with Gasteiger partial charge in [-0.05, 0) is 43.2 Å². The lowest BCUT2D eigenvalue weighted by Gasteiger charge is -2.24. The molecule has 1 amide bonds. The zero-order chi connectivity index (χ0) is 20.8. The Labute approximate surface area is 178 Å². The number of hydrogen-bond acceptors (Lipinski definition) is 4. The van der Waals surface area contributed by atoms with Crippen molar-refractivity contribution in [3.63, 3.8) is 0 Å². The average molecular weight is 419 g/mol. The summed E-state index contributed by atoms with van der Waals surface area (Å²) in [5, 5.41) is 8.82. The molecule has 1 aliphatic rings. The van der Waals surface area contributed by atoms with Crippen LogP contribution < -0.4 is 0 Å². The highest BCUT2D eigenvalue weighted by Crippen LogP contribution is 2.36. The Balaban J connectivity index is 1.57. The van der Waals surface area contributed by atoms with Crippen LogP contribution in [0.25, 0.3) is 16.7 Å². The first-order chi connectivity index (χ1) is 14.5. The predicted octanol–water partition coefficient (Wildman–Crippen LogP) is 4.25. The lowest BCUT2D eigenvalue weighted by Crippen LogP contribution is -2.32. The molecule has 2 aromatic heterocycles. The van der Waals surface area contributed by atoms with Crippen molar-refractivity contribution >= 4 is 28.5 Å². The van der Waals surface area contributed by atoms with Crippen LogP contribution in [0, 0.1) is 6.92 Å². The van der Waals surface area contributed by atoms with Crippen molar-refractivity contribution in [3.8, 4) is 5.69 Å². The molecule has 1 saturated heterocycles. The Morgan fingerprint density at radius 2 is 2.03 bits per heavy atom. The van der Waals surface area contributed by atoms with Crippen LogP contribution in [-0.4, -0.2) is 42.3 Å². The molecule has 0 bridgehead atoms. The van der Waals surface area contributed by atoms with Gasteiger partial charge in [-0.25, -0.2) is 4.98 Å². The van der Waals surface area contributed by atoms with E-state index in [9.17, 15) is 4.79 Å². The number of likely N-dealkylation sites (tertiary alicyclic amines) is 1. The number of aryl methyl sites for hydroxylation is 1. The number of aromatic nitrogens is 5. The van der Waals surface area contributed by atoms with Gasteiger partial charge in [0.2, 0.25) is 0 Å². The molecule has 2 aromatic carbocycles. The number of para-hydroxylation sites is 1. The third-order valence-electron chi connectivity index (χ3n) is 5.38. The van der Waals surface area contributed by atoms with Crippen molar-refractivity contribution in [2.75, 3.05) is 6.54 Å². The van der Waals surface area contributed by atoms with Gasteiger partial charge in [0.1, 0.15) is 5.82 Å². The van der Waals surface area contributed by atoms with E-state index in [1.54, 1.807) is 35.5 Å². The summed E-state index contributed by atoms with van der Waals surface area (Å²) >= 11 is 6.23. The number of nitrogens with zero attached hydrogens (tertiary/aromatic N) is 5. The van der Waals surface area contributed by atoms with E-state index in [1.165, 1.54) is 4.80 Å². The maximum Gasteiger partial charge on any atom is 0.257 e. The first-order valence-electron chi connectivity index (χ1n) is 9.60. The third-order valence-corrected chi connectivity index (χ3v) is 5.62. The van der Waals surface area contributed by atoms with E-state index in [-0.39, 0.29) is 11.9 Å². The summed E-state index contributed by atoms with van der Waals surface area (Å²) in [5.41, 5.74) is 4.95. The monoisotopic (exact) mass is 418 g/mol. The van der Waals surface area contributed by atoms with Crippen molar-refractivity contribution < 1.29 is 4.79 Å². The minimum absolute atomic E-state index is 0.161. The molecule has 4 aromatic rings. The maximum absolute atomic E-state index is 13.6.